The Kier molecular flexibility index (Phi) is 5.85. The Hall–Kier alpha value is -3.20. The summed E-state index contributed by atoms with van der Waals surface area (Å²) in [5.74, 6) is -1.41. The van der Waals surface area contributed by atoms with Crippen molar-refractivity contribution in [3.8, 4) is 0 Å². The fourth-order valence-electron chi connectivity index (χ4n) is 7.91. The molecule has 7 atom stereocenters. The summed E-state index contributed by atoms with van der Waals surface area (Å²) < 4.78 is 15.9. The zero-order valence-electron chi connectivity index (χ0n) is 21.7. The molecule has 2 aliphatic carbocycles. The molecule has 5 nitrogen and oxygen atoms in total. The first kappa shape index (κ1) is 25.5. The highest BCUT2D eigenvalue weighted by molar-refractivity contribution is 8.00. The number of rotatable bonds is 4. The number of anilines is 1. The SMILES string of the molecule is O=C1[C@@H]2[C@H]3C[C@@H]([C@@H]2C(=O)N1c1ccc(Cl)cc1)[C@@H]1[C@@H](c2ccc(F)cc2)c2sc(=O)n(Cc4ccccc4)c2S[C@H]31. The van der Waals surface area contributed by atoms with E-state index in [1.54, 1.807) is 36.0 Å². The molecule has 4 aromatic rings. The number of thiazole rings is 1. The molecule has 3 heterocycles. The molecule has 4 aliphatic rings. The Morgan fingerprint density at radius 1 is 0.854 bits per heavy atom. The highest BCUT2D eigenvalue weighted by atomic mass is 35.5. The van der Waals surface area contributed by atoms with E-state index < -0.39 is 5.92 Å². The van der Waals surface area contributed by atoms with Crippen molar-refractivity contribution in [2.24, 2.45) is 29.6 Å². The topological polar surface area (TPSA) is 59.4 Å². The number of hydrogen-bond donors (Lipinski definition) is 0. The highest BCUT2D eigenvalue weighted by Crippen LogP contribution is 2.69. The van der Waals surface area contributed by atoms with E-state index in [2.05, 4.69) is 0 Å². The Balaban J connectivity index is 1.23. The van der Waals surface area contributed by atoms with E-state index in [9.17, 15) is 18.8 Å². The van der Waals surface area contributed by atoms with Crippen LogP contribution in [0, 0.1) is 35.4 Å². The molecule has 0 unspecified atom stereocenters. The van der Waals surface area contributed by atoms with E-state index in [1.165, 1.54) is 28.4 Å². The maximum absolute atomic E-state index is 14.0. The number of aromatic nitrogens is 1. The van der Waals surface area contributed by atoms with Crippen LogP contribution < -0.4 is 9.77 Å². The number of fused-ring (bicyclic) bond motifs is 9. The molecule has 41 heavy (non-hydrogen) atoms. The van der Waals surface area contributed by atoms with E-state index in [-0.39, 0.29) is 57.3 Å². The van der Waals surface area contributed by atoms with Gasteiger partial charge in [0.25, 0.3) is 0 Å². The van der Waals surface area contributed by atoms with Gasteiger partial charge in [-0.05, 0) is 71.7 Å². The van der Waals surface area contributed by atoms with Crippen molar-refractivity contribution in [1.82, 2.24) is 4.57 Å². The summed E-state index contributed by atoms with van der Waals surface area (Å²) in [5.41, 5.74) is 2.55. The second-order valence-corrected chi connectivity index (χ2v) is 14.0. The number of carbonyl (C=O) groups excluding carboxylic acids is 2. The number of halogens is 2. The van der Waals surface area contributed by atoms with E-state index in [0.717, 1.165) is 27.5 Å². The summed E-state index contributed by atoms with van der Waals surface area (Å²) in [6, 6.07) is 23.3. The Labute approximate surface area is 249 Å². The van der Waals surface area contributed by atoms with Gasteiger partial charge in [-0.3, -0.25) is 23.9 Å². The van der Waals surface area contributed by atoms with Crippen molar-refractivity contribution < 1.29 is 14.0 Å². The summed E-state index contributed by atoms with van der Waals surface area (Å²) >= 11 is 9.05. The predicted molar refractivity (Wildman–Crippen MR) is 158 cm³/mol. The second-order valence-electron chi connectivity index (χ2n) is 11.4. The van der Waals surface area contributed by atoms with E-state index in [4.69, 9.17) is 11.6 Å². The predicted octanol–water partition coefficient (Wildman–Crippen LogP) is 6.43. The number of benzene rings is 3. The first-order chi connectivity index (χ1) is 19.9. The zero-order chi connectivity index (χ0) is 28.0. The molecule has 8 rings (SSSR count). The average molecular weight is 603 g/mol. The third kappa shape index (κ3) is 3.76. The molecule has 206 valence electrons. The van der Waals surface area contributed by atoms with Crippen LogP contribution in [0.2, 0.25) is 5.02 Å². The zero-order valence-corrected chi connectivity index (χ0v) is 24.0. The van der Waals surface area contributed by atoms with Crippen molar-refractivity contribution in [1.29, 1.82) is 0 Å². The maximum atomic E-state index is 14.0. The molecule has 0 radical (unpaired) electrons. The lowest BCUT2D eigenvalue weighted by Gasteiger charge is -2.43. The number of carbonyl (C=O) groups is 2. The Bertz CT molecular complexity index is 1750. The molecule has 0 spiro atoms. The highest BCUT2D eigenvalue weighted by Gasteiger charge is 2.69. The summed E-state index contributed by atoms with van der Waals surface area (Å²) in [6.07, 6.45) is 0.805. The number of thioether (sulfide) groups is 1. The van der Waals surface area contributed by atoms with Gasteiger partial charge in [-0.1, -0.05) is 65.4 Å². The van der Waals surface area contributed by atoms with Gasteiger partial charge in [-0.15, -0.1) is 11.8 Å². The Morgan fingerprint density at radius 2 is 1.54 bits per heavy atom. The van der Waals surface area contributed by atoms with Gasteiger partial charge in [-0.2, -0.15) is 0 Å². The van der Waals surface area contributed by atoms with Crippen LogP contribution in [0.3, 0.4) is 0 Å². The molecule has 3 fully saturated rings. The standard InChI is InChI=1S/C32H24ClFN2O3S2/c33-18-8-12-20(13-9-18)36-29(37)25-21-14-22(26(25)30(36)38)27-24(21)23(17-6-10-19(34)11-7-17)28-31(40-27)35(32(39)41-28)15-16-4-2-1-3-5-16/h1-13,21-27H,14-15H2/t21-,22-,23-,24-,25+,26-,27-/m1/s1. The number of imide groups is 1. The molecule has 0 N–H and O–H groups in total. The minimum atomic E-state index is -0.391. The molecule has 1 saturated heterocycles. The average Bonchev–Trinajstić information content (AvgIpc) is 3.69. The largest absolute Gasteiger partial charge is 0.308 e. The number of hydrogen-bond acceptors (Lipinski definition) is 5. The van der Waals surface area contributed by atoms with Gasteiger partial charge in [0.1, 0.15) is 5.82 Å². The van der Waals surface area contributed by atoms with Crippen molar-refractivity contribution in [3.05, 3.63) is 115 Å². The lowest BCUT2D eigenvalue weighted by molar-refractivity contribution is -0.123. The molecule has 2 aliphatic heterocycles. The van der Waals surface area contributed by atoms with E-state index >= 15 is 0 Å². The first-order valence-corrected chi connectivity index (χ1v) is 15.8. The van der Waals surface area contributed by atoms with Crippen LogP contribution in [0.15, 0.2) is 88.7 Å². The van der Waals surface area contributed by atoms with E-state index in [0.29, 0.717) is 17.3 Å². The lowest BCUT2D eigenvalue weighted by atomic mass is 9.68. The molecule has 2 saturated carbocycles. The normalized spacial score (nSPS) is 29.5. The maximum Gasteiger partial charge on any atom is 0.308 e. The second kappa shape index (κ2) is 9.41. The fraction of sp³-hybridized carbons (Fsp3) is 0.281. The van der Waals surface area contributed by atoms with Crippen LogP contribution in [-0.2, 0) is 16.1 Å². The van der Waals surface area contributed by atoms with Crippen LogP contribution >= 0.6 is 34.7 Å². The van der Waals surface area contributed by atoms with Gasteiger partial charge >= 0.3 is 4.87 Å². The van der Waals surface area contributed by atoms with Crippen LogP contribution in [0.1, 0.15) is 28.3 Å². The van der Waals surface area contributed by atoms with Crippen molar-refractivity contribution in [2.45, 2.75) is 29.2 Å². The molecule has 1 aromatic heterocycles. The summed E-state index contributed by atoms with van der Waals surface area (Å²) in [6.45, 7) is 0.466. The van der Waals surface area contributed by atoms with Gasteiger partial charge in [0.15, 0.2) is 0 Å². The quantitative estimate of drug-likeness (QED) is 0.253. The van der Waals surface area contributed by atoms with Crippen LogP contribution in [0.4, 0.5) is 10.1 Å². The minimum Gasteiger partial charge on any atom is -0.289 e. The smallest absolute Gasteiger partial charge is 0.289 e. The molecule has 2 amide bonds. The van der Waals surface area contributed by atoms with Crippen LogP contribution in [-0.4, -0.2) is 21.6 Å². The first-order valence-electron chi connectivity index (χ1n) is 13.7. The van der Waals surface area contributed by atoms with Gasteiger partial charge in [-0.25, -0.2) is 4.39 Å². The van der Waals surface area contributed by atoms with Gasteiger partial charge in [0, 0.05) is 21.1 Å². The minimum absolute atomic E-state index is 0.000714. The van der Waals surface area contributed by atoms with Gasteiger partial charge in [0.2, 0.25) is 11.8 Å². The summed E-state index contributed by atoms with van der Waals surface area (Å²) in [4.78, 5) is 43.5. The van der Waals surface area contributed by atoms with E-state index in [1.807, 2.05) is 47.0 Å². The molecular weight excluding hydrogens is 579 g/mol. The van der Waals surface area contributed by atoms with Crippen LogP contribution in [0.25, 0.3) is 0 Å². The van der Waals surface area contributed by atoms with Gasteiger partial charge in [0.05, 0.1) is 29.1 Å². The van der Waals surface area contributed by atoms with Crippen molar-refractivity contribution in [3.63, 3.8) is 0 Å². The number of nitrogens with zero attached hydrogens (tertiary/aromatic N) is 2. The van der Waals surface area contributed by atoms with Crippen molar-refractivity contribution >= 4 is 52.2 Å². The van der Waals surface area contributed by atoms with Gasteiger partial charge < -0.3 is 0 Å². The molecule has 3 aromatic carbocycles. The number of amides is 2. The lowest BCUT2D eigenvalue weighted by Crippen LogP contribution is -2.43. The monoisotopic (exact) mass is 602 g/mol. The molecule has 9 heteroatoms. The molecular formula is C32H24ClFN2O3S2. The van der Waals surface area contributed by atoms with Crippen molar-refractivity contribution in [2.75, 3.05) is 4.90 Å². The summed E-state index contributed by atoms with van der Waals surface area (Å²) in [7, 11) is 0. The third-order valence-electron chi connectivity index (χ3n) is 9.45. The van der Waals surface area contributed by atoms with Crippen LogP contribution in [0.5, 0.6) is 0 Å². The summed E-state index contributed by atoms with van der Waals surface area (Å²) in [5, 5.41) is 1.56. The molecule has 2 bridgehead atoms. The fourth-order valence-corrected chi connectivity index (χ4v) is 11.2. The third-order valence-corrected chi connectivity index (χ3v) is 12.5. The Morgan fingerprint density at radius 3 is 2.24 bits per heavy atom.